The zero-order valence-electron chi connectivity index (χ0n) is 10.5. The first-order valence-corrected chi connectivity index (χ1v) is 6.12. The Kier molecular flexibility index (Phi) is 3.13. The Morgan fingerprint density at radius 1 is 0.900 bits per heavy atom. The second-order valence-electron chi connectivity index (χ2n) is 4.33. The monoisotopic (exact) mass is 266 g/mol. The first-order chi connectivity index (χ1) is 9.75. The maximum atomic E-state index is 13.2. The highest BCUT2D eigenvalue weighted by molar-refractivity contribution is 5.80. The third-order valence-electron chi connectivity index (χ3n) is 3.03. The van der Waals surface area contributed by atoms with E-state index in [2.05, 4.69) is 10.2 Å². The van der Waals surface area contributed by atoms with Crippen molar-refractivity contribution < 1.29 is 9.50 Å². The van der Waals surface area contributed by atoms with Gasteiger partial charge in [0.1, 0.15) is 5.69 Å². The van der Waals surface area contributed by atoms with Gasteiger partial charge in [-0.3, -0.25) is 0 Å². The smallest absolute Gasteiger partial charge is 0.164 e. The number of halogens is 1. The summed E-state index contributed by atoms with van der Waals surface area (Å²) in [6.45, 7) is 0. The van der Waals surface area contributed by atoms with Crippen molar-refractivity contribution in [3.8, 4) is 28.1 Å². The van der Waals surface area contributed by atoms with Gasteiger partial charge >= 0.3 is 0 Å². The van der Waals surface area contributed by atoms with Crippen LogP contribution in [0.1, 0.15) is 0 Å². The van der Waals surface area contributed by atoms with Crippen molar-refractivity contribution >= 4 is 0 Å². The summed E-state index contributed by atoms with van der Waals surface area (Å²) in [5, 5.41) is 17.6. The van der Waals surface area contributed by atoms with Crippen molar-refractivity contribution in [2.24, 2.45) is 0 Å². The van der Waals surface area contributed by atoms with E-state index in [1.807, 2.05) is 30.3 Å². The van der Waals surface area contributed by atoms with Crippen molar-refractivity contribution in [3.05, 3.63) is 66.6 Å². The molecular weight excluding hydrogens is 255 g/mol. The third kappa shape index (κ3) is 2.23. The predicted octanol–water partition coefficient (Wildman–Crippen LogP) is 3.66. The van der Waals surface area contributed by atoms with E-state index in [0.717, 1.165) is 11.1 Å². The minimum atomic E-state index is -0.642. The molecule has 1 heterocycles. The molecule has 0 radical (unpaired) electrons. The fourth-order valence-corrected chi connectivity index (χ4v) is 2.05. The number of aromatic hydroxyl groups is 1. The number of nitrogens with zero attached hydrogens (tertiary/aromatic N) is 2. The summed E-state index contributed by atoms with van der Waals surface area (Å²) in [5.74, 6) is -1.02. The van der Waals surface area contributed by atoms with Crippen molar-refractivity contribution in [2.75, 3.05) is 0 Å². The lowest BCUT2D eigenvalue weighted by molar-refractivity contribution is 0.433. The molecule has 20 heavy (non-hydrogen) atoms. The van der Waals surface area contributed by atoms with Crippen LogP contribution in [0.5, 0.6) is 5.75 Å². The number of hydrogen-bond donors (Lipinski definition) is 1. The quantitative estimate of drug-likeness (QED) is 0.770. The average Bonchev–Trinajstić information content (AvgIpc) is 2.51. The Morgan fingerprint density at radius 3 is 2.45 bits per heavy atom. The van der Waals surface area contributed by atoms with Crippen LogP contribution in [-0.4, -0.2) is 15.3 Å². The summed E-state index contributed by atoms with van der Waals surface area (Å²) in [7, 11) is 0. The molecule has 0 spiro atoms. The molecule has 98 valence electrons. The van der Waals surface area contributed by atoms with Gasteiger partial charge in [0.2, 0.25) is 0 Å². The van der Waals surface area contributed by atoms with Gasteiger partial charge in [-0.05, 0) is 23.8 Å². The first-order valence-electron chi connectivity index (χ1n) is 6.12. The van der Waals surface area contributed by atoms with E-state index in [1.54, 1.807) is 18.3 Å². The molecule has 0 aliphatic carbocycles. The van der Waals surface area contributed by atoms with Crippen LogP contribution >= 0.6 is 0 Å². The highest BCUT2D eigenvalue weighted by atomic mass is 19.1. The van der Waals surface area contributed by atoms with Crippen molar-refractivity contribution in [2.45, 2.75) is 0 Å². The lowest BCUT2D eigenvalue weighted by Crippen LogP contribution is -1.91. The summed E-state index contributed by atoms with van der Waals surface area (Å²) >= 11 is 0. The molecule has 1 N–H and O–H groups in total. The van der Waals surface area contributed by atoms with Crippen molar-refractivity contribution in [1.82, 2.24) is 10.2 Å². The van der Waals surface area contributed by atoms with Gasteiger partial charge in [0.05, 0.1) is 6.20 Å². The number of phenolic OH excluding ortho intramolecular Hbond substituents is 1. The second kappa shape index (κ2) is 5.09. The Morgan fingerprint density at radius 2 is 1.70 bits per heavy atom. The van der Waals surface area contributed by atoms with E-state index >= 15 is 0 Å². The van der Waals surface area contributed by atoms with Gasteiger partial charge in [0, 0.05) is 11.1 Å². The Labute approximate surface area is 115 Å². The van der Waals surface area contributed by atoms with Gasteiger partial charge in [-0.2, -0.15) is 5.10 Å². The summed E-state index contributed by atoms with van der Waals surface area (Å²) in [6, 6.07) is 15.6. The minimum Gasteiger partial charge on any atom is -0.505 e. The normalized spacial score (nSPS) is 10.4. The SMILES string of the molecule is Oc1cc(-c2ccnnc2-c2ccccc2)ccc1F. The van der Waals surface area contributed by atoms with Gasteiger partial charge in [0.15, 0.2) is 11.6 Å². The molecule has 0 atom stereocenters. The van der Waals surface area contributed by atoms with E-state index in [4.69, 9.17) is 0 Å². The third-order valence-corrected chi connectivity index (χ3v) is 3.03. The van der Waals surface area contributed by atoms with Gasteiger partial charge in [-0.15, -0.1) is 5.10 Å². The Hall–Kier alpha value is -2.75. The van der Waals surface area contributed by atoms with Crippen LogP contribution in [0.2, 0.25) is 0 Å². The maximum absolute atomic E-state index is 13.2. The number of phenols is 1. The van der Waals surface area contributed by atoms with Crippen LogP contribution in [0.15, 0.2) is 60.8 Å². The zero-order chi connectivity index (χ0) is 13.9. The molecule has 0 bridgehead atoms. The maximum Gasteiger partial charge on any atom is 0.164 e. The van der Waals surface area contributed by atoms with E-state index in [9.17, 15) is 9.50 Å². The molecule has 0 fully saturated rings. The number of aromatic nitrogens is 2. The molecule has 0 amide bonds. The van der Waals surface area contributed by atoms with Crippen LogP contribution in [-0.2, 0) is 0 Å². The van der Waals surface area contributed by atoms with Crippen LogP contribution < -0.4 is 0 Å². The number of rotatable bonds is 2. The van der Waals surface area contributed by atoms with Crippen molar-refractivity contribution in [3.63, 3.8) is 0 Å². The summed E-state index contributed by atoms with van der Waals surface area (Å²) in [4.78, 5) is 0. The molecule has 0 saturated heterocycles. The van der Waals surface area contributed by atoms with Crippen LogP contribution in [0, 0.1) is 5.82 Å². The largest absolute Gasteiger partial charge is 0.505 e. The van der Waals surface area contributed by atoms with Gasteiger partial charge in [0.25, 0.3) is 0 Å². The minimum absolute atomic E-state index is 0.377. The Bertz CT molecular complexity index is 744. The highest BCUT2D eigenvalue weighted by Crippen LogP contribution is 2.31. The highest BCUT2D eigenvalue weighted by Gasteiger charge is 2.11. The van der Waals surface area contributed by atoms with Crippen molar-refractivity contribution in [1.29, 1.82) is 0 Å². The fraction of sp³-hybridized carbons (Fsp3) is 0. The lowest BCUT2D eigenvalue weighted by Gasteiger charge is -2.08. The zero-order valence-corrected chi connectivity index (χ0v) is 10.5. The Balaban J connectivity index is 2.17. The molecule has 3 aromatic rings. The lowest BCUT2D eigenvalue weighted by atomic mass is 10.00. The first kappa shape index (κ1) is 12.3. The molecule has 3 nitrogen and oxygen atoms in total. The molecule has 4 heteroatoms. The molecule has 0 aliphatic heterocycles. The average molecular weight is 266 g/mol. The van der Waals surface area contributed by atoms with Gasteiger partial charge in [-0.1, -0.05) is 36.4 Å². The predicted molar refractivity (Wildman–Crippen MR) is 74.5 cm³/mol. The molecule has 1 aromatic heterocycles. The molecular formula is C16H11FN2O. The molecule has 3 rings (SSSR count). The van der Waals surface area contributed by atoms with E-state index in [0.29, 0.717) is 11.3 Å². The number of hydrogen-bond acceptors (Lipinski definition) is 3. The van der Waals surface area contributed by atoms with Crippen LogP contribution in [0.3, 0.4) is 0 Å². The molecule has 2 aromatic carbocycles. The van der Waals surface area contributed by atoms with E-state index in [1.165, 1.54) is 12.1 Å². The topological polar surface area (TPSA) is 46.0 Å². The van der Waals surface area contributed by atoms with E-state index < -0.39 is 5.82 Å². The van der Waals surface area contributed by atoms with Crippen LogP contribution in [0.4, 0.5) is 4.39 Å². The second-order valence-corrected chi connectivity index (χ2v) is 4.33. The summed E-state index contributed by atoms with van der Waals surface area (Å²) in [5.41, 5.74) is 3.10. The number of benzene rings is 2. The fourth-order valence-electron chi connectivity index (χ4n) is 2.05. The molecule has 0 unspecified atom stereocenters. The summed E-state index contributed by atoms with van der Waals surface area (Å²) in [6.07, 6.45) is 1.57. The van der Waals surface area contributed by atoms with E-state index in [-0.39, 0.29) is 5.75 Å². The summed E-state index contributed by atoms with van der Waals surface area (Å²) < 4.78 is 13.2. The molecule has 0 saturated carbocycles. The van der Waals surface area contributed by atoms with Crippen LogP contribution in [0.25, 0.3) is 22.4 Å². The standard InChI is InChI=1S/C16H11FN2O/c17-14-7-6-12(10-15(14)20)13-8-9-18-19-16(13)11-4-2-1-3-5-11/h1-10,20H. The molecule has 0 aliphatic rings. The van der Waals surface area contributed by atoms with Gasteiger partial charge < -0.3 is 5.11 Å². The van der Waals surface area contributed by atoms with Gasteiger partial charge in [-0.25, -0.2) is 4.39 Å².